The first-order valence-corrected chi connectivity index (χ1v) is 23.3. The molecule has 3 aliphatic heterocycles. The summed E-state index contributed by atoms with van der Waals surface area (Å²) < 4.78 is 34.9. The van der Waals surface area contributed by atoms with Crippen LogP contribution in [-0.4, -0.2) is 111 Å². The molecule has 0 saturated carbocycles. The molecule has 0 aliphatic carbocycles. The van der Waals surface area contributed by atoms with Crippen molar-refractivity contribution in [3.05, 3.63) is 76.4 Å². The van der Waals surface area contributed by atoms with Crippen LogP contribution < -0.4 is 20.7 Å². The predicted molar refractivity (Wildman–Crippen MR) is 247 cm³/mol. The number of aromatic nitrogens is 5. The quantitative estimate of drug-likeness (QED) is 0.0882. The summed E-state index contributed by atoms with van der Waals surface area (Å²) in [5.74, 6) is -0.208. The minimum atomic E-state index is -0.747. The average Bonchev–Trinajstić information content (AvgIpc) is 4.17. The normalized spacial score (nSPS) is 18.7. The maximum absolute atomic E-state index is 16.7. The second-order valence-corrected chi connectivity index (χ2v) is 18.7. The number of rotatable bonds is 14. The number of aryl methyl sites for hydroxylation is 1. The number of carbonyl (C=O) groups is 4. The van der Waals surface area contributed by atoms with Gasteiger partial charge in [-0.2, -0.15) is 0 Å². The molecule has 0 bridgehead atoms. The van der Waals surface area contributed by atoms with Crippen LogP contribution in [0.5, 0.6) is 5.75 Å². The van der Waals surface area contributed by atoms with Gasteiger partial charge < -0.3 is 44.9 Å². The number of ether oxygens (including phenoxy) is 3. The van der Waals surface area contributed by atoms with E-state index in [4.69, 9.17) is 19.2 Å². The van der Waals surface area contributed by atoms with Crippen molar-refractivity contribution in [2.75, 3.05) is 33.9 Å². The van der Waals surface area contributed by atoms with Crippen molar-refractivity contribution < 1.29 is 37.8 Å². The molecule has 350 valence electrons. The van der Waals surface area contributed by atoms with Crippen LogP contribution in [0.3, 0.4) is 0 Å². The highest BCUT2D eigenvalue weighted by molar-refractivity contribution is 7.11. The molecular weight excluding hydrogens is 868 g/mol. The third-order valence-corrected chi connectivity index (χ3v) is 13.8. The summed E-state index contributed by atoms with van der Waals surface area (Å²) in [6.45, 7) is 15.2. The summed E-state index contributed by atoms with van der Waals surface area (Å²) in [4.78, 5) is 63.3. The molecule has 19 heteroatoms. The predicted octanol–water partition coefficient (Wildman–Crippen LogP) is 7.17. The first-order valence-electron chi connectivity index (χ1n) is 22.5. The number of fused-ring (bicyclic) bond motifs is 5. The number of likely N-dealkylation sites (tertiary alicyclic amines) is 2. The molecule has 66 heavy (non-hydrogen) atoms. The van der Waals surface area contributed by atoms with E-state index >= 15 is 4.39 Å². The van der Waals surface area contributed by atoms with Gasteiger partial charge >= 0.3 is 12.2 Å². The summed E-state index contributed by atoms with van der Waals surface area (Å²) in [6, 6.07) is 9.17. The molecule has 0 spiro atoms. The Hall–Kier alpha value is -6.50. The smallest absolute Gasteiger partial charge is 0.407 e. The Morgan fingerprint density at radius 3 is 2.29 bits per heavy atom. The van der Waals surface area contributed by atoms with Crippen LogP contribution in [0.15, 0.2) is 49.2 Å². The second-order valence-electron chi connectivity index (χ2n) is 17.6. The van der Waals surface area contributed by atoms with E-state index in [2.05, 4.69) is 37.7 Å². The molecule has 2 aromatic carbocycles. The molecule has 3 aliphatic rings. The molecule has 2 unspecified atom stereocenters. The van der Waals surface area contributed by atoms with Crippen LogP contribution >= 0.6 is 11.3 Å². The number of carbonyl (C=O) groups excluding carboxylic acids is 4. The maximum Gasteiger partial charge on any atom is 0.407 e. The van der Waals surface area contributed by atoms with Gasteiger partial charge in [0.15, 0.2) is 5.01 Å². The maximum atomic E-state index is 16.7. The second kappa shape index (κ2) is 19.1. The molecule has 6 heterocycles. The Bertz CT molecular complexity index is 2660. The topological polar surface area (TPSA) is 198 Å². The van der Waals surface area contributed by atoms with Crippen LogP contribution in [-0.2, 0) is 25.5 Å². The van der Waals surface area contributed by atoms with E-state index in [1.165, 1.54) is 31.6 Å². The Kier molecular flexibility index (Phi) is 13.4. The molecular formula is C47H57FN10O7S. The zero-order valence-corrected chi connectivity index (χ0v) is 39.1. The van der Waals surface area contributed by atoms with Crippen LogP contribution in [0, 0.1) is 17.7 Å². The van der Waals surface area contributed by atoms with Gasteiger partial charge in [-0.3, -0.25) is 14.2 Å². The van der Waals surface area contributed by atoms with E-state index in [1.807, 2.05) is 63.5 Å². The van der Waals surface area contributed by atoms with E-state index in [9.17, 15) is 19.2 Å². The molecule has 4 amide bonds. The molecule has 4 N–H and O–H groups in total. The van der Waals surface area contributed by atoms with Crippen LogP contribution in [0.25, 0.3) is 39.1 Å². The van der Waals surface area contributed by atoms with Crippen molar-refractivity contribution in [1.29, 1.82) is 0 Å². The zero-order valence-electron chi connectivity index (χ0n) is 38.3. The minimum Gasteiger partial charge on any atom is -0.462 e. The third kappa shape index (κ3) is 8.91. The summed E-state index contributed by atoms with van der Waals surface area (Å²) in [5, 5.41) is 19.9. The first-order chi connectivity index (χ1) is 31.7. The Morgan fingerprint density at radius 2 is 1.62 bits per heavy atom. The van der Waals surface area contributed by atoms with Crippen molar-refractivity contribution in [1.82, 2.24) is 50.5 Å². The van der Waals surface area contributed by atoms with Gasteiger partial charge in [0.2, 0.25) is 18.0 Å². The standard InChI is InChI=1S/C47H57FN10O7S/c1-9-37-54-55-42(66-37)45-58-33-15-14-27(32-23-50-41(51-32)34-13-11-17-57(34)44(60)40(25(4)5)53-47(62)64-8)18-29(33)20-35(58)38-31(48)19-28(21-36(38)65-45)26(6)49-22-30-12-10-16-56(30)43(59)39(24(2)3)52-46(61)63-7/h14-15,18-21,23-25,30,34,39-40,45,49H,6,9-13,16-17,22H2,1-5,7-8H3,(H,50,51)(H,52,61)(H,53,62)/t30-,34-,39-,40?,45?/m0/s1. The number of nitrogens with one attached hydrogen (secondary N) is 4. The third-order valence-electron chi connectivity index (χ3n) is 12.7. The van der Waals surface area contributed by atoms with Gasteiger partial charge in [-0.25, -0.2) is 19.0 Å². The van der Waals surface area contributed by atoms with Crippen molar-refractivity contribution in [3.63, 3.8) is 0 Å². The summed E-state index contributed by atoms with van der Waals surface area (Å²) >= 11 is 1.44. The number of hydrogen-bond donors (Lipinski definition) is 4. The number of hydrogen-bond acceptors (Lipinski definition) is 12. The van der Waals surface area contributed by atoms with Gasteiger partial charge in [0.1, 0.15) is 34.5 Å². The van der Waals surface area contributed by atoms with Crippen molar-refractivity contribution in [3.8, 4) is 28.3 Å². The van der Waals surface area contributed by atoms with Crippen molar-refractivity contribution in [2.24, 2.45) is 11.8 Å². The van der Waals surface area contributed by atoms with E-state index in [-0.39, 0.29) is 35.7 Å². The molecule has 5 atom stereocenters. The monoisotopic (exact) mass is 924 g/mol. The highest BCUT2D eigenvalue weighted by Crippen LogP contribution is 2.47. The number of nitrogens with zero attached hydrogens (tertiary/aromatic N) is 6. The molecule has 5 aromatic rings. The van der Waals surface area contributed by atoms with Gasteiger partial charge in [-0.05, 0) is 74.3 Å². The molecule has 8 rings (SSSR count). The molecule has 2 saturated heterocycles. The lowest BCUT2D eigenvalue weighted by Crippen LogP contribution is -2.53. The molecule has 3 aromatic heterocycles. The summed E-state index contributed by atoms with van der Waals surface area (Å²) in [6.07, 6.45) is 3.45. The number of aromatic amines is 1. The number of halogens is 1. The number of methoxy groups -OCH3 is 2. The van der Waals surface area contributed by atoms with Gasteiger partial charge in [-0.15, -0.1) is 10.2 Å². The lowest BCUT2D eigenvalue weighted by Gasteiger charge is -2.31. The van der Waals surface area contributed by atoms with Gasteiger partial charge in [0.05, 0.1) is 48.9 Å². The SMILES string of the molecule is C=C(NC[C@@H]1CCCN1C(=O)[C@@H](NC(=O)OC)C(C)C)c1cc(F)c2c(c1)OC(c1nnc(CC)s1)n1c-2cc2cc(-c3cnc([C@@H]4CCCN4C(=O)C(NC(=O)OC)C(C)C)[nH]3)ccc21. The van der Waals surface area contributed by atoms with E-state index in [1.54, 1.807) is 22.1 Å². The van der Waals surface area contributed by atoms with Crippen molar-refractivity contribution in [2.45, 2.75) is 97.1 Å². The number of amides is 4. The Morgan fingerprint density at radius 1 is 0.939 bits per heavy atom. The lowest BCUT2D eigenvalue weighted by atomic mass is 10.0. The van der Waals surface area contributed by atoms with Crippen molar-refractivity contribution >= 4 is 51.9 Å². The largest absolute Gasteiger partial charge is 0.462 e. The summed E-state index contributed by atoms with van der Waals surface area (Å²) in [7, 11) is 2.54. The highest BCUT2D eigenvalue weighted by atomic mass is 32.1. The van der Waals surface area contributed by atoms with E-state index < -0.39 is 36.3 Å². The fourth-order valence-corrected chi connectivity index (χ4v) is 10.00. The van der Waals surface area contributed by atoms with Crippen LogP contribution in [0.2, 0.25) is 0 Å². The minimum absolute atomic E-state index is 0.154. The fourth-order valence-electron chi connectivity index (χ4n) is 9.19. The van der Waals surface area contributed by atoms with Gasteiger partial charge in [0, 0.05) is 47.9 Å². The number of imidazole rings is 1. The lowest BCUT2D eigenvalue weighted by molar-refractivity contribution is -0.136. The Balaban J connectivity index is 1.06. The number of H-pyrrole nitrogens is 1. The fraction of sp³-hybridized carbons (Fsp3) is 0.468. The molecule has 2 fully saturated rings. The Labute approximate surface area is 386 Å². The van der Waals surface area contributed by atoms with Crippen LogP contribution in [0.4, 0.5) is 14.0 Å². The highest BCUT2D eigenvalue weighted by Gasteiger charge is 2.39. The number of benzene rings is 2. The first kappa shape index (κ1) is 46.0. The van der Waals surface area contributed by atoms with E-state index in [0.29, 0.717) is 71.6 Å². The van der Waals surface area contributed by atoms with Crippen LogP contribution in [0.1, 0.15) is 94.0 Å². The van der Waals surface area contributed by atoms with Gasteiger partial charge in [0.25, 0.3) is 0 Å². The number of alkyl carbamates (subject to hydrolysis) is 2. The van der Waals surface area contributed by atoms with E-state index in [0.717, 1.165) is 46.4 Å². The zero-order chi connectivity index (χ0) is 47.0. The molecule has 0 radical (unpaired) electrons. The summed E-state index contributed by atoms with van der Waals surface area (Å²) in [5.41, 5.74) is 4.24. The molecule has 17 nitrogen and oxygen atoms in total. The average molecular weight is 925 g/mol. The van der Waals surface area contributed by atoms with Gasteiger partial charge in [-0.1, -0.05) is 58.6 Å².